The molecule has 0 aromatic heterocycles. The molecule has 2 aliphatic rings. The summed E-state index contributed by atoms with van der Waals surface area (Å²) < 4.78 is 0. The zero-order valence-corrected chi connectivity index (χ0v) is 14.5. The number of aliphatic hydroxyl groups excluding tert-OH is 1. The SMILES string of the molecule is C[C@]1(c2ccccc2)CC[C@H](NCC2CCN(CCO)CC2)C1. The van der Waals surface area contributed by atoms with Gasteiger partial charge >= 0.3 is 0 Å². The first kappa shape index (κ1) is 16.9. The third-order valence-electron chi connectivity index (χ3n) is 6.03. The Hall–Kier alpha value is -0.900. The van der Waals surface area contributed by atoms with E-state index in [1.54, 1.807) is 0 Å². The van der Waals surface area contributed by atoms with Crippen molar-refractivity contribution in [3.05, 3.63) is 35.9 Å². The Bertz CT molecular complexity index is 470. The molecule has 2 atom stereocenters. The molecular formula is C20H32N2O. The fraction of sp³-hybridized carbons (Fsp3) is 0.700. The maximum Gasteiger partial charge on any atom is 0.0558 e. The van der Waals surface area contributed by atoms with Gasteiger partial charge in [0.25, 0.3) is 0 Å². The molecule has 2 N–H and O–H groups in total. The largest absolute Gasteiger partial charge is 0.395 e. The molecule has 1 aliphatic carbocycles. The number of piperidine rings is 1. The minimum atomic E-state index is 0.295. The molecule has 23 heavy (non-hydrogen) atoms. The number of hydrogen-bond donors (Lipinski definition) is 2. The Kier molecular flexibility index (Phi) is 5.73. The number of nitrogens with one attached hydrogen (secondary N) is 1. The Labute approximate surface area is 141 Å². The highest BCUT2D eigenvalue weighted by atomic mass is 16.3. The van der Waals surface area contributed by atoms with E-state index >= 15 is 0 Å². The number of aliphatic hydroxyl groups is 1. The number of nitrogens with zero attached hydrogens (tertiary/aromatic N) is 1. The van der Waals surface area contributed by atoms with Crippen LogP contribution in [0.25, 0.3) is 0 Å². The van der Waals surface area contributed by atoms with Crippen molar-refractivity contribution in [3.8, 4) is 0 Å². The molecule has 3 rings (SSSR count). The summed E-state index contributed by atoms with van der Waals surface area (Å²) in [6, 6.07) is 11.7. The van der Waals surface area contributed by atoms with Crippen LogP contribution in [-0.4, -0.2) is 48.8 Å². The van der Waals surface area contributed by atoms with Crippen molar-refractivity contribution in [1.82, 2.24) is 10.2 Å². The van der Waals surface area contributed by atoms with E-state index in [1.165, 1.54) is 44.2 Å². The monoisotopic (exact) mass is 316 g/mol. The van der Waals surface area contributed by atoms with Crippen LogP contribution in [0, 0.1) is 5.92 Å². The lowest BCUT2D eigenvalue weighted by Crippen LogP contribution is -2.40. The Balaban J connectivity index is 1.43. The van der Waals surface area contributed by atoms with Gasteiger partial charge in [-0.25, -0.2) is 0 Å². The molecule has 1 aromatic rings. The number of rotatable bonds is 6. The number of β-amino-alcohol motifs (C(OH)–C–C–N with tert-alkyl or cyclic N) is 1. The molecule has 1 saturated heterocycles. The van der Waals surface area contributed by atoms with Crippen LogP contribution in [0.15, 0.2) is 30.3 Å². The van der Waals surface area contributed by atoms with Crippen molar-refractivity contribution in [1.29, 1.82) is 0 Å². The van der Waals surface area contributed by atoms with Gasteiger partial charge in [-0.3, -0.25) is 0 Å². The van der Waals surface area contributed by atoms with Gasteiger partial charge in [0.1, 0.15) is 0 Å². The fourth-order valence-electron chi connectivity index (χ4n) is 4.41. The van der Waals surface area contributed by atoms with Gasteiger partial charge in [-0.05, 0) is 68.6 Å². The van der Waals surface area contributed by atoms with E-state index in [0.717, 1.165) is 25.6 Å². The van der Waals surface area contributed by atoms with Crippen molar-refractivity contribution >= 4 is 0 Å². The summed E-state index contributed by atoms with van der Waals surface area (Å²) in [5.74, 6) is 0.813. The van der Waals surface area contributed by atoms with Crippen LogP contribution in [0.1, 0.15) is 44.6 Å². The molecule has 0 bridgehead atoms. The van der Waals surface area contributed by atoms with Crippen molar-refractivity contribution in [3.63, 3.8) is 0 Å². The van der Waals surface area contributed by atoms with Crippen LogP contribution in [-0.2, 0) is 5.41 Å². The molecule has 128 valence electrons. The predicted octanol–water partition coefficient (Wildman–Crippen LogP) is 2.79. The van der Waals surface area contributed by atoms with Crippen molar-refractivity contribution in [2.45, 2.75) is 50.5 Å². The first-order valence-electron chi connectivity index (χ1n) is 9.32. The van der Waals surface area contributed by atoms with Gasteiger partial charge in [0, 0.05) is 12.6 Å². The Morgan fingerprint density at radius 3 is 2.61 bits per heavy atom. The zero-order valence-electron chi connectivity index (χ0n) is 14.5. The summed E-state index contributed by atoms with van der Waals surface area (Å²) in [4.78, 5) is 2.39. The second-order valence-corrected chi connectivity index (χ2v) is 7.78. The van der Waals surface area contributed by atoms with Gasteiger partial charge < -0.3 is 15.3 Å². The average Bonchev–Trinajstić information content (AvgIpc) is 2.98. The van der Waals surface area contributed by atoms with E-state index in [0.29, 0.717) is 18.1 Å². The van der Waals surface area contributed by atoms with Crippen LogP contribution in [0.2, 0.25) is 0 Å². The average molecular weight is 316 g/mol. The lowest BCUT2D eigenvalue weighted by molar-refractivity contribution is 0.145. The lowest BCUT2D eigenvalue weighted by atomic mass is 9.81. The summed E-state index contributed by atoms with van der Waals surface area (Å²) in [6.07, 6.45) is 6.41. The molecule has 1 aromatic carbocycles. The first-order valence-corrected chi connectivity index (χ1v) is 9.32. The summed E-state index contributed by atoms with van der Waals surface area (Å²) in [6.45, 7) is 7.04. The maximum atomic E-state index is 9.02. The quantitative estimate of drug-likeness (QED) is 0.847. The molecule has 0 amide bonds. The number of hydrogen-bond acceptors (Lipinski definition) is 3. The summed E-state index contributed by atoms with van der Waals surface area (Å²) in [5, 5.41) is 12.9. The third kappa shape index (κ3) is 4.34. The highest BCUT2D eigenvalue weighted by Gasteiger charge is 2.36. The highest BCUT2D eigenvalue weighted by Crippen LogP contribution is 2.40. The molecular weight excluding hydrogens is 284 g/mol. The number of likely N-dealkylation sites (tertiary alicyclic amines) is 1. The Morgan fingerprint density at radius 1 is 1.17 bits per heavy atom. The molecule has 1 aliphatic heterocycles. The van der Waals surface area contributed by atoms with E-state index in [9.17, 15) is 0 Å². The molecule has 0 unspecified atom stereocenters. The van der Waals surface area contributed by atoms with Gasteiger partial charge in [0.05, 0.1) is 6.61 Å². The van der Waals surface area contributed by atoms with Gasteiger partial charge in [0.15, 0.2) is 0 Å². The third-order valence-corrected chi connectivity index (χ3v) is 6.03. The van der Waals surface area contributed by atoms with Crippen molar-refractivity contribution < 1.29 is 5.11 Å². The van der Waals surface area contributed by atoms with Gasteiger partial charge in [-0.1, -0.05) is 37.3 Å². The number of benzene rings is 1. The van der Waals surface area contributed by atoms with E-state index in [4.69, 9.17) is 5.11 Å². The van der Waals surface area contributed by atoms with Gasteiger partial charge in [-0.15, -0.1) is 0 Å². The van der Waals surface area contributed by atoms with E-state index in [1.807, 2.05) is 0 Å². The summed E-state index contributed by atoms with van der Waals surface area (Å²) in [7, 11) is 0. The van der Waals surface area contributed by atoms with Crippen LogP contribution in [0.4, 0.5) is 0 Å². The van der Waals surface area contributed by atoms with Crippen LogP contribution in [0.3, 0.4) is 0 Å². The molecule has 0 radical (unpaired) electrons. The normalized spacial score (nSPS) is 29.9. The van der Waals surface area contributed by atoms with Gasteiger partial charge in [0.2, 0.25) is 0 Å². The van der Waals surface area contributed by atoms with Crippen LogP contribution >= 0.6 is 0 Å². The summed E-state index contributed by atoms with van der Waals surface area (Å²) >= 11 is 0. The molecule has 1 saturated carbocycles. The summed E-state index contributed by atoms with van der Waals surface area (Å²) in [5.41, 5.74) is 1.85. The van der Waals surface area contributed by atoms with Crippen LogP contribution < -0.4 is 5.32 Å². The molecule has 3 heteroatoms. The molecule has 3 nitrogen and oxygen atoms in total. The fourth-order valence-corrected chi connectivity index (χ4v) is 4.41. The second-order valence-electron chi connectivity index (χ2n) is 7.78. The maximum absolute atomic E-state index is 9.02. The predicted molar refractivity (Wildman–Crippen MR) is 95.7 cm³/mol. The lowest BCUT2D eigenvalue weighted by Gasteiger charge is -2.32. The molecule has 0 spiro atoms. The minimum absolute atomic E-state index is 0.295. The van der Waals surface area contributed by atoms with Crippen molar-refractivity contribution in [2.75, 3.05) is 32.8 Å². The van der Waals surface area contributed by atoms with Crippen LogP contribution in [0.5, 0.6) is 0 Å². The van der Waals surface area contributed by atoms with Crippen molar-refractivity contribution in [2.24, 2.45) is 5.92 Å². The zero-order chi connectivity index (χ0) is 16.1. The topological polar surface area (TPSA) is 35.5 Å². The van der Waals surface area contributed by atoms with Gasteiger partial charge in [-0.2, -0.15) is 0 Å². The minimum Gasteiger partial charge on any atom is -0.395 e. The smallest absolute Gasteiger partial charge is 0.0558 e. The molecule has 1 heterocycles. The highest BCUT2D eigenvalue weighted by molar-refractivity contribution is 5.26. The Morgan fingerprint density at radius 2 is 1.91 bits per heavy atom. The van der Waals surface area contributed by atoms with E-state index in [2.05, 4.69) is 47.5 Å². The molecule has 2 fully saturated rings. The first-order chi connectivity index (χ1) is 11.2. The standard InChI is InChI=1S/C20H32N2O/c1-20(18-5-3-2-4-6-18)10-7-19(15-20)21-16-17-8-11-22(12-9-17)13-14-23/h2-6,17,19,21,23H,7-16H2,1H3/t19-,20-/m0/s1. The second kappa shape index (κ2) is 7.78. The van der Waals surface area contributed by atoms with E-state index < -0.39 is 0 Å². The van der Waals surface area contributed by atoms with E-state index in [-0.39, 0.29) is 0 Å².